The van der Waals surface area contributed by atoms with Crippen LogP contribution in [0, 0.1) is 16.7 Å². The molecule has 5 rings (SSSR count). The summed E-state index contributed by atoms with van der Waals surface area (Å²) in [5.41, 5.74) is 5.83. The molecule has 0 bridgehead atoms. The number of hydrogen-bond donors (Lipinski definition) is 0. The van der Waals surface area contributed by atoms with Crippen LogP contribution in [0.5, 0.6) is 0 Å². The number of aromatic nitrogens is 1. The predicted octanol–water partition coefficient (Wildman–Crippen LogP) is 4.74. The van der Waals surface area contributed by atoms with E-state index in [1.165, 1.54) is 10.3 Å². The summed E-state index contributed by atoms with van der Waals surface area (Å²) in [6, 6.07) is 16.6. The van der Waals surface area contributed by atoms with Crippen LogP contribution >= 0.6 is 11.3 Å². The summed E-state index contributed by atoms with van der Waals surface area (Å²) in [6.07, 6.45) is 2.81. The zero-order valence-electron chi connectivity index (χ0n) is 17.8. The van der Waals surface area contributed by atoms with E-state index in [2.05, 4.69) is 41.1 Å². The van der Waals surface area contributed by atoms with Gasteiger partial charge in [0.25, 0.3) is 0 Å². The number of benzene rings is 2. The van der Waals surface area contributed by atoms with Crippen molar-refractivity contribution in [1.29, 1.82) is 5.26 Å². The van der Waals surface area contributed by atoms with E-state index < -0.39 is 0 Å². The first-order chi connectivity index (χ1) is 15.1. The van der Waals surface area contributed by atoms with E-state index in [4.69, 9.17) is 5.26 Å². The molecule has 2 aliphatic rings. The van der Waals surface area contributed by atoms with Crippen LogP contribution in [0.15, 0.2) is 48.0 Å². The fourth-order valence-corrected chi connectivity index (χ4v) is 5.76. The maximum Gasteiger partial charge on any atom is 0.229 e. The van der Waals surface area contributed by atoms with Crippen LogP contribution in [0.25, 0.3) is 10.2 Å². The van der Waals surface area contributed by atoms with Gasteiger partial charge in [0.15, 0.2) is 0 Å². The first kappa shape index (κ1) is 20.2. The van der Waals surface area contributed by atoms with E-state index in [1.54, 1.807) is 11.3 Å². The van der Waals surface area contributed by atoms with Gasteiger partial charge in [-0.05, 0) is 74.7 Å². The van der Waals surface area contributed by atoms with Gasteiger partial charge in [-0.25, -0.2) is 4.98 Å². The van der Waals surface area contributed by atoms with Crippen molar-refractivity contribution in [2.45, 2.75) is 38.8 Å². The quantitative estimate of drug-likeness (QED) is 0.600. The van der Waals surface area contributed by atoms with Gasteiger partial charge in [-0.2, -0.15) is 5.26 Å². The lowest BCUT2D eigenvalue weighted by Gasteiger charge is -2.40. The maximum absolute atomic E-state index is 13.3. The molecule has 1 spiro atoms. The molecule has 0 saturated carbocycles. The van der Waals surface area contributed by atoms with Gasteiger partial charge in [0.2, 0.25) is 5.91 Å². The number of nitrogens with zero attached hydrogens (tertiary/aromatic N) is 4. The number of rotatable bonds is 4. The second-order valence-electron chi connectivity index (χ2n) is 8.86. The molecule has 2 aromatic carbocycles. The highest BCUT2D eigenvalue weighted by Crippen LogP contribution is 2.43. The third kappa shape index (κ3) is 3.73. The molecular weight excluding hydrogens is 404 g/mol. The molecule has 158 valence electrons. The Morgan fingerprint density at radius 2 is 1.87 bits per heavy atom. The SMILES string of the molecule is C[C@H](c1ccc2scnc2c1)N1CCC2(CCN(Cc3ccc(C#N)cc3)C2=O)CC1. The molecule has 6 heteroatoms. The molecule has 2 saturated heterocycles. The molecule has 0 unspecified atom stereocenters. The van der Waals surface area contributed by atoms with Crippen molar-refractivity contribution in [3.63, 3.8) is 0 Å². The molecule has 2 aliphatic heterocycles. The van der Waals surface area contributed by atoms with Crippen LogP contribution in [-0.4, -0.2) is 40.3 Å². The van der Waals surface area contributed by atoms with Crippen molar-refractivity contribution in [2.24, 2.45) is 5.41 Å². The average molecular weight is 431 g/mol. The van der Waals surface area contributed by atoms with Crippen molar-refractivity contribution in [2.75, 3.05) is 19.6 Å². The largest absolute Gasteiger partial charge is 0.338 e. The number of carbonyl (C=O) groups excluding carboxylic acids is 1. The van der Waals surface area contributed by atoms with Crippen LogP contribution in [0.4, 0.5) is 0 Å². The summed E-state index contributed by atoms with van der Waals surface area (Å²) in [5, 5.41) is 8.97. The van der Waals surface area contributed by atoms with E-state index in [-0.39, 0.29) is 5.41 Å². The summed E-state index contributed by atoms with van der Waals surface area (Å²) in [4.78, 5) is 22.3. The number of carbonyl (C=O) groups is 1. The number of amides is 1. The molecule has 1 aromatic heterocycles. The van der Waals surface area contributed by atoms with E-state index in [1.807, 2.05) is 34.7 Å². The lowest BCUT2D eigenvalue weighted by atomic mass is 9.76. The zero-order valence-corrected chi connectivity index (χ0v) is 18.6. The fourth-order valence-electron chi connectivity index (χ4n) is 5.10. The predicted molar refractivity (Wildman–Crippen MR) is 122 cm³/mol. The Kier molecular flexibility index (Phi) is 5.25. The van der Waals surface area contributed by atoms with Gasteiger partial charge in [-0.15, -0.1) is 11.3 Å². The average Bonchev–Trinajstić information content (AvgIpc) is 3.40. The minimum atomic E-state index is -0.193. The van der Waals surface area contributed by atoms with Gasteiger partial charge >= 0.3 is 0 Å². The van der Waals surface area contributed by atoms with Crippen LogP contribution in [-0.2, 0) is 11.3 Å². The Morgan fingerprint density at radius 3 is 2.61 bits per heavy atom. The molecule has 1 amide bonds. The van der Waals surface area contributed by atoms with Gasteiger partial charge in [-0.3, -0.25) is 9.69 Å². The number of fused-ring (bicyclic) bond motifs is 1. The molecule has 1 atom stereocenters. The van der Waals surface area contributed by atoms with Crippen molar-refractivity contribution < 1.29 is 4.79 Å². The molecule has 0 aliphatic carbocycles. The van der Waals surface area contributed by atoms with E-state index >= 15 is 0 Å². The van der Waals surface area contributed by atoms with E-state index in [0.29, 0.717) is 24.1 Å². The standard InChI is InChI=1S/C25H26N4OS/c1-18(21-6-7-23-22(14-21)27-17-31-23)28-11-8-25(9-12-28)10-13-29(24(25)30)16-20-4-2-19(15-26)3-5-20/h2-7,14,17-18H,8-13,16H2,1H3/t18-/m1/s1. The summed E-state index contributed by atoms with van der Waals surface area (Å²) in [6.45, 7) is 5.63. The van der Waals surface area contributed by atoms with Crippen molar-refractivity contribution in [3.05, 3.63) is 64.7 Å². The smallest absolute Gasteiger partial charge is 0.229 e. The Balaban J connectivity index is 1.22. The first-order valence-corrected chi connectivity index (χ1v) is 11.8. The van der Waals surface area contributed by atoms with Crippen molar-refractivity contribution >= 4 is 27.5 Å². The van der Waals surface area contributed by atoms with Crippen LogP contribution < -0.4 is 0 Å². The van der Waals surface area contributed by atoms with E-state index in [0.717, 1.165) is 50.0 Å². The highest BCUT2D eigenvalue weighted by atomic mass is 32.1. The summed E-state index contributed by atoms with van der Waals surface area (Å²) >= 11 is 1.68. The second-order valence-corrected chi connectivity index (χ2v) is 9.74. The van der Waals surface area contributed by atoms with Gasteiger partial charge < -0.3 is 4.90 Å². The lowest BCUT2D eigenvalue weighted by Crippen LogP contribution is -2.45. The monoisotopic (exact) mass is 430 g/mol. The number of piperidine rings is 1. The molecule has 2 fully saturated rings. The zero-order chi connectivity index (χ0) is 21.4. The number of thiazole rings is 1. The highest BCUT2D eigenvalue weighted by molar-refractivity contribution is 7.16. The summed E-state index contributed by atoms with van der Waals surface area (Å²) in [7, 11) is 0. The van der Waals surface area contributed by atoms with Gasteiger partial charge in [-0.1, -0.05) is 18.2 Å². The Morgan fingerprint density at radius 1 is 1.13 bits per heavy atom. The number of likely N-dealkylation sites (tertiary alicyclic amines) is 2. The third-order valence-electron chi connectivity index (χ3n) is 7.20. The minimum absolute atomic E-state index is 0.193. The molecule has 5 nitrogen and oxygen atoms in total. The normalized spacial score (nSPS) is 19.7. The van der Waals surface area contributed by atoms with Crippen LogP contribution in [0.1, 0.15) is 48.9 Å². The topological polar surface area (TPSA) is 60.2 Å². The summed E-state index contributed by atoms with van der Waals surface area (Å²) < 4.78 is 1.23. The molecular formula is C25H26N4OS. The fraction of sp³-hybridized carbons (Fsp3) is 0.400. The van der Waals surface area contributed by atoms with Crippen molar-refractivity contribution in [3.8, 4) is 6.07 Å². The third-order valence-corrected chi connectivity index (χ3v) is 8.01. The Hall–Kier alpha value is -2.75. The van der Waals surface area contributed by atoms with Gasteiger partial charge in [0, 0.05) is 19.1 Å². The highest BCUT2D eigenvalue weighted by Gasteiger charge is 2.48. The molecule has 31 heavy (non-hydrogen) atoms. The lowest BCUT2D eigenvalue weighted by molar-refractivity contribution is -0.139. The number of nitriles is 1. The van der Waals surface area contributed by atoms with Crippen LogP contribution in [0.3, 0.4) is 0 Å². The van der Waals surface area contributed by atoms with Crippen molar-refractivity contribution in [1.82, 2.24) is 14.8 Å². The van der Waals surface area contributed by atoms with E-state index in [9.17, 15) is 4.79 Å². The molecule has 3 aromatic rings. The molecule has 3 heterocycles. The molecule has 0 N–H and O–H groups in total. The maximum atomic E-state index is 13.3. The van der Waals surface area contributed by atoms with Gasteiger partial charge in [0.1, 0.15) is 0 Å². The minimum Gasteiger partial charge on any atom is -0.338 e. The Bertz CT molecular complexity index is 1140. The Labute approximate surface area is 186 Å². The second kappa shape index (κ2) is 8.07. The summed E-state index contributed by atoms with van der Waals surface area (Å²) in [5.74, 6) is 0.313. The van der Waals surface area contributed by atoms with Gasteiger partial charge in [0.05, 0.1) is 32.8 Å². The van der Waals surface area contributed by atoms with Crippen LogP contribution in [0.2, 0.25) is 0 Å². The molecule has 0 radical (unpaired) electrons. The number of hydrogen-bond acceptors (Lipinski definition) is 5. The first-order valence-electron chi connectivity index (χ1n) is 10.9.